The highest BCUT2D eigenvalue weighted by Crippen LogP contribution is 2.24. The lowest BCUT2D eigenvalue weighted by Crippen LogP contribution is -2.40. The fraction of sp³-hybridized carbons (Fsp3) is 0.750. The Bertz CT molecular complexity index is 376. The highest BCUT2D eigenvalue weighted by atomic mass is 32.2. The summed E-state index contributed by atoms with van der Waals surface area (Å²) in [5, 5.41) is 10.3. The van der Waals surface area contributed by atoms with Crippen molar-refractivity contribution in [2.75, 3.05) is 13.6 Å². The van der Waals surface area contributed by atoms with Gasteiger partial charge in [-0.15, -0.1) is 0 Å². The molecule has 0 aromatic heterocycles. The molecule has 0 aliphatic carbocycles. The zero-order chi connectivity index (χ0) is 13.9. The Labute approximate surface area is 119 Å². The van der Waals surface area contributed by atoms with E-state index in [1.54, 1.807) is 0 Å². The summed E-state index contributed by atoms with van der Waals surface area (Å²) < 4.78 is 0. The number of aliphatic imine (C=N–C) groups is 1. The minimum absolute atomic E-state index is 0.0388. The van der Waals surface area contributed by atoms with Crippen molar-refractivity contribution in [1.29, 1.82) is 5.26 Å². The van der Waals surface area contributed by atoms with Gasteiger partial charge in [0.15, 0.2) is 10.3 Å². The smallest absolute Gasteiger partial charge is 0.198 e. The maximum Gasteiger partial charge on any atom is 0.198 e. The monoisotopic (exact) mass is 284 g/mol. The lowest BCUT2D eigenvalue weighted by Gasteiger charge is -2.31. The highest BCUT2D eigenvalue weighted by Gasteiger charge is 2.27. The molecule has 1 saturated heterocycles. The molecule has 4 nitrogen and oxygen atoms in total. The molecule has 6 heteroatoms. The first-order chi connectivity index (χ1) is 8.36. The van der Waals surface area contributed by atoms with Crippen LogP contribution < -0.4 is 0 Å². The van der Waals surface area contributed by atoms with E-state index in [0.717, 1.165) is 5.17 Å². The zero-order valence-electron chi connectivity index (χ0n) is 11.5. The molecule has 1 fully saturated rings. The normalized spacial score (nSPS) is 21.8. The number of thiocarbonyl (C=S) groups is 1. The second-order valence-corrected chi connectivity index (χ2v) is 6.42. The number of amidine groups is 1. The van der Waals surface area contributed by atoms with Gasteiger partial charge in [0.25, 0.3) is 0 Å². The summed E-state index contributed by atoms with van der Waals surface area (Å²) >= 11 is 6.90. The molecule has 0 N–H and O–H groups in total. The average Bonchev–Trinajstić information content (AvgIpc) is 2.58. The van der Waals surface area contributed by atoms with Crippen LogP contribution in [0.5, 0.6) is 0 Å². The van der Waals surface area contributed by atoms with Gasteiger partial charge in [0.2, 0.25) is 0 Å². The van der Waals surface area contributed by atoms with Crippen LogP contribution in [0.3, 0.4) is 0 Å². The van der Waals surface area contributed by atoms with Crippen LogP contribution in [-0.2, 0) is 0 Å². The molecule has 0 bridgehead atoms. The predicted molar refractivity (Wildman–Crippen MR) is 81.8 cm³/mol. The first-order valence-electron chi connectivity index (χ1n) is 6.05. The van der Waals surface area contributed by atoms with Crippen molar-refractivity contribution < 1.29 is 0 Å². The summed E-state index contributed by atoms with van der Waals surface area (Å²) in [4.78, 5) is 8.61. The number of nitriles is 1. The molecule has 1 rings (SSSR count). The van der Waals surface area contributed by atoms with Gasteiger partial charge in [0.1, 0.15) is 5.25 Å². The number of nitrogens with zero attached hydrogens (tertiary/aromatic N) is 4. The van der Waals surface area contributed by atoms with Crippen LogP contribution in [0.25, 0.3) is 0 Å². The maximum atomic E-state index is 8.93. The molecule has 0 amide bonds. The van der Waals surface area contributed by atoms with E-state index >= 15 is 0 Å². The van der Waals surface area contributed by atoms with E-state index in [2.05, 4.69) is 43.7 Å². The van der Waals surface area contributed by atoms with Crippen molar-refractivity contribution in [3.8, 4) is 6.07 Å². The van der Waals surface area contributed by atoms with Crippen LogP contribution in [0.4, 0.5) is 0 Å². The molecule has 1 heterocycles. The molecule has 0 saturated carbocycles. The molecule has 0 aromatic carbocycles. The van der Waals surface area contributed by atoms with E-state index < -0.39 is 0 Å². The van der Waals surface area contributed by atoms with Crippen molar-refractivity contribution in [2.45, 2.75) is 45.0 Å². The molecule has 0 spiro atoms. The van der Waals surface area contributed by atoms with E-state index in [9.17, 15) is 0 Å². The maximum absolute atomic E-state index is 8.93. The van der Waals surface area contributed by atoms with Gasteiger partial charge in [-0.05, 0) is 39.9 Å². The van der Waals surface area contributed by atoms with E-state index in [1.165, 1.54) is 11.8 Å². The summed E-state index contributed by atoms with van der Waals surface area (Å²) in [5.74, 6) is 0. The molecule has 18 heavy (non-hydrogen) atoms. The van der Waals surface area contributed by atoms with Gasteiger partial charge in [0, 0.05) is 25.7 Å². The third-order valence-corrected chi connectivity index (χ3v) is 4.14. The fourth-order valence-electron chi connectivity index (χ4n) is 1.94. The quantitative estimate of drug-likeness (QED) is 0.728. The molecule has 0 aromatic rings. The second kappa shape index (κ2) is 6.39. The first kappa shape index (κ1) is 15.3. The molecule has 0 radical (unpaired) electrons. The SMILES string of the molecule is CC(C)N(C(=S)N=C1SC(C#N)CN1C)C(C)C. The molecular formula is C12H20N4S2. The lowest BCUT2D eigenvalue weighted by atomic mass is 10.2. The second-order valence-electron chi connectivity index (χ2n) is 4.89. The zero-order valence-corrected chi connectivity index (χ0v) is 13.2. The van der Waals surface area contributed by atoms with E-state index in [4.69, 9.17) is 17.5 Å². The highest BCUT2D eigenvalue weighted by molar-refractivity contribution is 8.14. The van der Waals surface area contributed by atoms with E-state index in [-0.39, 0.29) is 5.25 Å². The summed E-state index contributed by atoms with van der Waals surface area (Å²) in [6.45, 7) is 9.14. The van der Waals surface area contributed by atoms with Crippen LogP contribution in [0.2, 0.25) is 0 Å². The molecule has 1 aliphatic rings. The summed E-state index contributed by atoms with van der Waals surface area (Å²) in [5.41, 5.74) is 0. The van der Waals surface area contributed by atoms with Crippen LogP contribution in [0.15, 0.2) is 4.99 Å². The molecule has 1 unspecified atom stereocenters. The minimum atomic E-state index is -0.0388. The first-order valence-corrected chi connectivity index (χ1v) is 7.34. The largest absolute Gasteiger partial charge is 0.352 e. The van der Waals surface area contributed by atoms with Crippen LogP contribution in [0.1, 0.15) is 27.7 Å². The average molecular weight is 284 g/mol. The third-order valence-electron chi connectivity index (χ3n) is 2.68. The van der Waals surface area contributed by atoms with Crippen molar-refractivity contribution in [3.05, 3.63) is 0 Å². The van der Waals surface area contributed by atoms with Gasteiger partial charge in [-0.2, -0.15) is 10.3 Å². The number of hydrogen-bond donors (Lipinski definition) is 0. The van der Waals surface area contributed by atoms with Crippen LogP contribution in [-0.4, -0.2) is 51.0 Å². The Morgan fingerprint density at radius 1 is 1.50 bits per heavy atom. The number of thioether (sulfide) groups is 1. The van der Waals surface area contributed by atoms with Crippen molar-refractivity contribution >= 4 is 34.3 Å². The summed E-state index contributed by atoms with van der Waals surface area (Å²) in [7, 11) is 1.95. The Morgan fingerprint density at radius 3 is 2.44 bits per heavy atom. The van der Waals surface area contributed by atoms with Crippen molar-refractivity contribution in [1.82, 2.24) is 9.80 Å². The van der Waals surface area contributed by atoms with Gasteiger partial charge < -0.3 is 9.80 Å². The topological polar surface area (TPSA) is 42.6 Å². The third kappa shape index (κ3) is 3.59. The summed E-state index contributed by atoms with van der Waals surface area (Å²) in [6, 6.07) is 2.90. The molecule has 1 atom stereocenters. The Balaban J connectivity index is 2.83. The number of hydrogen-bond acceptors (Lipinski definition) is 3. The predicted octanol–water partition coefficient (Wildman–Crippen LogP) is 2.32. The van der Waals surface area contributed by atoms with Gasteiger partial charge in [-0.1, -0.05) is 11.8 Å². The number of rotatable bonds is 2. The van der Waals surface area contributed by atoms with Gasteiger partial charge in [-0.3, -0.25) is 0 Å². The van der Waals surface area contributed by atoms with Gasteiger partial charge >= 0.3 is 0 Å². The van der Waals surface area contributed by atoms with Crippen LogP contribution in [0, 0.1) is 11.3 Å². The van der Waals surface area contributed by atoms with Crippen LogP contribution >= 0.6 is 24.0 Å². The van der Waals surface area contributed by atoms with Crippen molar-refractivity contribution in [3.63, 3.8) is 0 Å². The summed E-state index contributed by atoms with van der Waals surface area (Å²) in [6.07, 6.45) is 0. The Hall–Kier alpha value is -0.800. The molecular weight excluding hydrogens is 264 g/mol. The molecule has 1 aliphatic heterocycles. The molecule has 100 valence electrons. The van der Waals surface area contributed by atoms with Crippen molar-refractivity contribution in [2.24, 2.45) is 4.99 Å². The Kier molecular flexibility index (Phi) is 5.42. The van der Waals surface area contributed by atoms with E-state index in [1.807, 2.05) is 11.9 Å². The Morgan fingerprint density at radius 2 is 2.06 bits per heavy atom. The van der Waals surface area contributed by atoms with Gasteiger partial charge in [0.05, 0.1) is 6.07 Å². The fourth-order valence-corrected chi connectivity index (χ4v) is 3.50. The lowest BCUT2D eigenvalue weighted by molar-refractivity contribution is 0.294. The minimum Gasteiger partial charge on any atom is -0.352 e. The standard InChI is InChI=1S/C12H20N4S2/c1-8(2)16(9(3)4)11(17)14-12-15(5)7-10(6-13)18-12/h8-10H,7H2,1-5H3. The van der Waals surface area contributed by atoms with Gasteiger partial charge in [-0.25, -0.2) is 0 Å². The van der Waals surface area contributed by atoms with E-state index in [0.29, 0.717) is 23.7 Å².